The Morgan fingerprint density at radius 2 is 2.24 bits per heavy atom. The van der Waals surface area contributed by atoms with E-state index in [0.29, 0.717) is 6.54 Å². The van der Waals surface area contributed by atoms with Gasteiger partial charge in [-0.25, -0.2) is 9.97 Å². The van der Waals surface area contributed by atoms with Gasteiger partial charge in [0.15, 0.2) is 5.15 Å². The summed E-state index contributed by atoms with van der Waals surface area (Å²) in [6.07, 6.45) is 4.74. The van der Waals surface area contributed by atoms with Gasteiger partial charge in [-0.1, -0.05) is 11.6 Å². The number of hydrogen-bond acceptors (Lipinski definition) is 4. The zero-order chi connectivity index (χ0) is 12.4. The molecule has 0 amide bonds. The zero-order valence-electron chi connectivity index (χ0n) is 9.42. The van der Waals surface area contributed by atoms with E-state index in [-0.39, 0.29) is 16.5 Å². The molecule has 0 aliphatic rings. The number of imidazole rings is 1. The SMILES string of the molecule is COc1c(Cl)ncn(Cc2cncn2C)c1=O. The van der Waals surface area contributed by atoms with Gasteiger partial charge in [0, 0.05) is 13.2 Å². The second kappa shape index (κ2) is 4.58. The van der Waals surface area contributed by atoms with E-state index in [0.717, 1.165) is 5.69 Å². The molecule has 0 aliphatic heterocycles. The fourth-order valence-corrected chi connectivity index (χ4v) is 1.65. The number of aromatic nitrogens is 4. The monoisotopic (exact) mass is 254 g/mol. The molecule has 6 nitrogen and oxygen atoms in total. The molecule has 0 fully saturated rings. The van der Waals surface area contributed by atoms with Crippen molar-refractivity contribution in [3.8, 4) is 5.75 Å². The normalized spacial score (nSPS) is 10.5. The molecule has 0 saturated carbocycles. The zero-order valence-corrected chi connectivity index (χ0v) is 10.2. The maximum Gasteiger partial charge on any atom is 0.297 e. The molecule has 2 heterocycles. The van der Waals surface area contributed by atoms with Crippen molar-refractivity contribution in [1.82, 2.24) is 19.1 Å². The van der Waals surface area contributed by atoms with E-state index in [1.54, 1.807) is 12.5 Å². The minimum Gasteiger partial charge on any atom is -0.489 e. The molecule has 7 heteroatoms. The summed E-state index contributed by atoms with van der Waals surface area (Å²) in [5.41, 5.74) is 0.576. The third kappa shape index (κ3) is 2.16. The summed E-state index contributed by atoms with van der Waals surface area (Å²) in [5.74, 6) is 0.0522. The summed E-state index contributed by atoms with van der Waals surface area (Å²) in [7, 11) is 3.24. The molecule has 90 valence electrons. The molecule has 0 aromatic carbocycles. The second-order valence-electron chi connectivity index (χ2n) is 3.50. The number of nitrogens with zero attached hydrogens (tertiary/aromatic N) is 4. The van der Waals surface area contributed by atoms with Crippen LogP contribution < -0.4 is 10.3 Å². The molecular weight excluding hydrogens is 244 g/mol. The molecule has 0 bridgehead atoms. The summed E-state index contributed by atoms with van der Waals surface area (Å²) in [6.45, 7) is 0.371. The van der Waals surface area contributed by atoms with Gasteiger partial charge >= 0.3 is 0 Å². The molecule has 2 aromatic heterocycles. The van der Waals surface area contributed by atoms with E-state index < -0.39 is 0 Å². The van der Waals surface area contributed by atoms with Gasteiger partial charge in [-0.15, -0.1) is 0 Å². The maximum atomic E-state index is 11.9. The first-order chi connectivity index (χ1) is 8.13. The van der Waals surface area contributed by atoms with Crippen molar-refractivity contribution in [2.45, 2.75) is 6.54 Å². The van der Waals surface area contributed by atoms with Crippen LogP contribution in [0.4, 0.5) is 0 Å². The van der Waals surface area contributed by atoms with Gasteiger partial charge in [0.2, 0.25) is 5.75 Å². The number of hydrogen-bond donors (Lipinski definition) is 0. The Bertz CT molecular complexity index is 590. The number of methoxy groups -OCH3 is 1. The lowest BCUT2D eigenvalue weighted by atomic mass is 10.4. The lowest BCUT2D eigenvalue weighted by Crippen LogP contribution is -2.23. The Morgan fingerprint density at radius 3 is 2.82 bits per heavy atom. The quantitative estimate of drug-likeness (QED) is 0.756. The summed E-state index contributed by atoms with van der Waals surface area (Å²) in [6, 6.07) is 0. The number of ether oxygens (including phenoxy) is 1. The highest BCUT2D eigenvalue weighted by Crippen LogP contribution is 2.15. The van der Waals surface area contributed by atoms with Crippen molar-refractivity contribution in [3.05, 3.63) is 40.1 Å². The molecule has 0 N–H and O–H groups in total. The van der Waals surface area contributed by atoms with Crippen LogP contribution in [0.1, 0.15) is 5.69 Å². The van der Waals surface area contributed by atoms with E-state index in [1.807, 2.05) is 11.6 Å². The van der Waals surface area contributed by atoms with Gasteiger partial charge in [-0.2, -0.15) is 0 Å². The average Bonchev–Trinajstić information content (AvgIpc) is 2.69. The van der Waals surface area contributed by atoms with Crippen molar-refractivity contribution < 1.29 is 4.74 Å². The van der Waals surface area contributed by atoms with Crippen LogP contribution in [-0.2, 0) is 13.6 Å². The maximum absolute atomic E-state index is 11.9. The third-order valence-electron chi connectivity index (χ3n) is 2.41. The molecule has 2 rings (SSSR count). The topological polar surface area (TPSA) is 61.9 Å². The highest BCUT2D eigenvalue weighted by Gasteiger charge is 2.11. The fraction of sp³-hybridized carbons (Fsp3) is 0.300. The van der Waals surface area contributed by atoms with Crippen LogP contribution in [0.3, 0.4) is 0 Å². The summed E-state index contributed by atoms with van der Waals surface area (Å²) < 4.78 is 8.16. The minimum absolute atomic E-state index is 0.0522. The van der Waals surface area contributed by atoms with Crippen LogP contribution in [0.5, 0.6) is 5.75 Å². The highest BCUT2D eigenvalue weighted by atomic mass is 35.5. The van der Waals surface area contributed by atoms with Crippen LogP contribution in [0.15, 0.2) is 23.6 Å². The van der Waals surface area contributed by atoms with E-state index in [2.05, 4.69) is 9.97 Å². The van der Waals surface area contributed by atoms with Gasteiger partial charge in [-0.05, 0) is 0 Å². The number of rotatable bonds is 3. The predicted molar refractivity (Wildman–Crippen MR) is 62.4 cm³/mol. The average molecular weight is 255 g/mol. The fourth-order valence-electron chi connectivity index (χ4n) is 1.45. The second-order valence-corrected chi connectivity index (χ2v) is 3.86. The van der Waals surface area contributed by atoms with Gasteiger partial charge in [0.25, 0.3) is 5.56 Å². The van der Waals surface area contributed by atoms with Crippen LogP contribution in [0.25, 0.3) is 0 Å². The third-order valence-corrected chi connectivity index (χ3v) is 2.68. The molecule has 0 atom stereocenters. The largest absolute Gasteiger partial charge is 0.489 e. The Hall–Kier alpha value is -1.82. The van der Waals surface area contributed by atoms with Crippen molar-refractivity contribution in [3.63, 3.8) is 0 Å². The molecule has 0 spiro atoms. The highest BCUT2D eigenvalue weighted by molar-refractivity contribution is 6.30. The minimum atomic E-state index is -0.311. The molecule has 2 aromatic rings. The Labute approximate surface area is 102 Å². The summed E-state index contributed by atoms with van der Waals surface area (Å²) in [5, 5.41) is 0.0683. The first-order valence-corrected chi connectivity index (χ1v) is 5.25. The molecule has 0 unspecified atom stereocenters. The Kier molecular flexibility index (Phi) is 3.14. The standard InChI is InChI=1S/C10H11ClN4O2/c1-14-5-12-3-7(14)4-15-6-13-9(11)8(17-2)10(15)16/h3,5-6H,4H2,1-2H3. The van der Waals surface area contributed by atoms with E-state index in [1.165, 1.54) is 18.0 Å². The van der Waals surface area contributed by atoms with Crippen LogP contribution in [-0.4, -0.2) is 26.2 Å². The van der Waals surface area contributed by atoms with E-state index in [4.69, 9.17) is 16.3 Å². The number of halogens is 1. The molecule has 17 heavy (non-hydrogen) atoms. The first-order valence-electron chi connectivity index (χ1n) is 4.87. The Balaban J connectivity index is 2.41. The molecular formula is C10H11ClN4O2. The summed E-state index contributed by atoms with van der Waals surface area (Å²) in [4.78, 5) is 19.8. The number of aryl methyl sites for hydroxylation is 1. The lowest BCUT2D eigenvalue weighted by molar-refractivity contribution is 0.400. The summed E-state index contributed by atoms with van der Waals surface area (Å²) >= 11 is 5.75. The van der Waals surface area contributed by atoms with Crippen LogP contribution >= 0.6 is 11.6 Å². The first kappa shape index (κ1) is 11.7. The van der Waals surface area contributed by atoms with Gasteiger partial charge in [-0.3, -0.25) is 9.36 Å². The smallest absolute Gasteiger partial charge is 0.297 e. The van der Waals surface area contributed by atoms with Gasteiger partial charge in [0.05, 0.1) is 32.0 Å². The van der Waals surface area contributed by atoms with Crippen molar-refractivity contribution in [1.29, 1.82) is 0 Å². The van der Waals surface area contributed by atoms with Crippen LogP contribution in [0.2, 0.25) is 5.15 Å². The Morgan fingerprint density at radius 1 is 1.47 bits per heavy atom. The molecule has 0 radical (unpaired) electrons. The van der Waals surface area contributed by atoms with Crippen molar-refractivity contribution in [2.24, 2.45) is 7.05 Å². The van der Waals surface area contributed by atoms with E-state index in [9.17, 15) is 4.79 Å². The predicted octanol–water partition coefficient (Wildman–Crippen LogP) is 0.687. The van der Waals surface area contributed by atoms with Gasteiger partial charge in [0.1, 0.15) is 0 Å². The molecule has 0 saturated heterocycles. The van der Waals surface area contributed by atoms with Crippen LogP contribution in [0, 0.1) is 0 Å². The molecule has 0 aliphatic carbocycles. The van der Waals surface area contributed by atoms with Crippen molar-refractivity contribution in [2.75, 3.05) is 7.11 Å². The lowest BCUT2D eigenvalue weighted by Gasteiger charge is -2.08. The van der Waals surface area contributed by atoms with Crippen molar-refractivity contribution >= 4 is 11.6 Å². The van der Waals surface area contributed by atoms with E-state index >= 15 is 0 Å². The van der Waals surface area contributed by atoms with Gasteiger partial charge < -0.3 is 9.30 Å².